The molecule has 0 radical (unpaired) electrons. The van der Waals surface area contributed by atoms with Gasteiger partial charge in [0.2, 0.25) is 0 Å². The number of nitrogens with zero attached hydrogens (tertiary/aromatic N) is 2. The van der Waals surface area contributed by atoms with E-state index in [-0.39, 0.29) is 0 Å². The summed E-state index contributed by atoms with van der Waals surface area (Å²) in [7, 11) is 0. The number of fused-ring (bicyclic) bond motifs is 1. The molecule has 0 atom stereocenters. The first-order valence-corrected chi connectivity index (χ1v) is 6.01. The van der Waals surface area contributed by atoms with Crippen molar-refractivity contribution in [1.82, 2.24) is 4.98 Å². The van der Waals surface area contributed by atoms with Crippen LogP contribution in [0.1, 0.15) is 11.1 Å². The van der Waals surface area contributed by atoms with Crippen molar-refractivity contribution in [3.8, 4) is 0 Å². The van der Waals surface area contributed by atoms with Crippen LogP contribution in [-0.2, 0) is 0 Å². The fourth-order valence-corrected chi connectivity index (χ4v) is 2.10. The molecule has 0 aliphatic heterocycles. The minimum Gasteiger partial charge on any atom is -0.410 e. The van der Waals surface area contributed by atoms with Crippen LogP contribution in [0.15, 0.2) is 72.0 Å². The standard InChI is InChI=1S/C16H12N2O/c19-18-16(12-5-2-1-3-6-12)14-8-9-15-13(11-14)7-4-10-17-15/h1-11,19H. The van der Waals surface area contributed by atoms with E-state index in [1.54, 1.807) is 6.20 Å². The van der Waals surface area contributed by atoms with E-state index in [4.69, 9.17) is 0 Å². The molecule has 0 unspecified atom stereocenters. The van der Waals surface area contributed by atoms with E-state index >= 15 is 0 Å². The molecule has 0 bridgehead atoms. The van der Waals surface area contributed by atoms with Gasteiger partial charge in [0.25, 0.3) is 0 Å². The van der Waals surface area contributed by atoms with Crippen molar-refractivity contribution in [1.29, 1.82) is 0 Å². The maximum absolute atomic E-state index is 9.28. The van der Waals surface area contributed by atoms with Crippen LogP contribution in [-0.4, -0.2) is 15.9 Å². The Labute approximate surface area is 110 Å². The van der Waals surface area contributed by atoms with Crippen molar-refractivity contribution in [3.63, 3.8) is 0 Å². The first kappa shape index (κ1) is 11.4. The molecule has 3 nitrogen and oxygen atoms in total. The highest BCUT2D eigenvalue weighted by molar-refractivity contribution is 6.13. The van der Waals surface area contributed by atoms with Crippen LogP contribution >= 0.6 is 0 Å². The number of benzene rings is 2. The van der Waals surface area contributed by atoms with Gasteiger partial charge in [0.15, 0.2) is 0 Å². The maximum Gasteiger partial charge on any atom is 0.117 e. The second kappa shape index (κ2) is 4.90. The normalized spacial score (nSPS) is 11.7. The average Bonchev–Trinajstić information content (AvgIpc) is 2.49. The van der Waals surface area contributed by atoms with Crippen molar-refractivity contribution < 1.29 is 5.21 Å². The molecule has 92 valence electrons. The number of pyridine rings is 1. The van der Waals surface area contributed by atoms with Crippen LogP contribution in [0.5, 0.6) is 0 Å². The Morgan fingerprint density at radius 1 is 0.895 bits per heavy atom. The van der Waals surface area contributed by atoms with Crippen molar-refractivity contribution in [2.24, 2.45) is 5.16 Å². The fourth-order valence-electron chi connectivity index (χ4n) is 2.10. The first-order valence-electron chi connectivity index (χ1n) is 6.01. The number of hydrogen-bond acceptors (Lipinski definition) is 3. The Kier molecular flexibility index (Phi) is 2.94. The smallest absolute Gasteiger partial charge is 0.117 e. The SMILES string of the molecule is ON=C(c1ccccc1)c1ccc2ncccc2c1. The van der Waals surface area contributed by atoms with Gasteiger partial charge >= 0.3 is 0 Å². The molecule has 3 aromatic rings. The number of aromatic nitrogens is 1. The van der Waals surface area contributed by atoms with Crippen LogP contribution < -0.4 is 0 Å². The molecule has 0 aliphatic carbocycles. The topological polar surface area (TPSA) is 45.5 Å². The average molecular weight is 248 g/mol. The van der Waals surface area contributed by atoms with E-state index in [1.807, 2.05) is 60.7 Å². The zero-order valence-corrected chi connectivity index (χ0v) is 10.2. The van der Waals surface area contributed by atoms with Gasteiger partial charge in [-0.05, 0) is 18.2 Å². The van der Waals surface area contributed by atoms with Gasteiger partial charge in [0.05, 0.1) is 5.52 Å². The minimum absolute atomic E-state index is 0.561. The second-order valence-corrected chi connectivity index (χ2v) is 4.23. The van der Waals surface area contributed by atoms with E-state index in [0.717, 1.165) is 22.0 Å². The molecule has 1 N–H and O–H groups in total. The van der Waals surface area contributed by atoms with E-state index in [9.17, 15) is 5.21 Å². The molecule has 0 spiro atoms. The third-order valence-electron chi connectivity index (χ3n) is 3.02. The number of rotatable bonds is 2. The Balaban J connectivity index is 2.12. The highest BCUT2D eigenvalue weighted by atomic mass is 16.4. The van der Waals surface area contributed by atoms with Gasteiger partial charge in [-0.3, -0.25) is 4.98 Å². The summed E-state index contributed by atoms with van der Waals surface area (Å²) < 4.78 is 0. The van der Waals surface area contributed by atoms with Gasteiger partial charge in [-0.1, -0.05) is 47.6 Å². The minimum atomic E-state index is 0.561. The van der Waals surface area contributed by atoms with Crippen LogP contribution in [0, 0.1) is 0 Å². The van der Waals surface area contributed by atoms with E-state index in [2.05, 4.69) is 10.1 Å². The van der Waals surface area contributed by atoms with Gasteiger partial charge in [-0.15, -0.1) is 0 Å². The highest BCUT2D eigenvalue weighted by Gasteiger charge is 2.08. The predicted molar refractivity (Wildman–Crippen MR) is 75.6 cm³/mol. The van der Waals surface area contributed by atoms with Gasteiger partial charge in [0.1, 0.15) is 5.71 Å². The van der Waals surface area contributed by atoms with Crippen LogP contribution in [0.25, 0.3) is 10.9 Å². The summed E-state index contributed by atoms with van der Waals surface area (Å²) >= 11 is 0. The van der Waals surface area contributed by atoms with Gasteiger partial charge in [-0.2, -0.15) is 0 Å². The van der Waals surface area contributed by atoms with E-state index in [0.29, 0.717) is 5.71 Å². The molecule has 19 heavy (non-hydrogen) atoms. The van der Waals surface area contributed by atoms with Crippen LogP contribution in [0.3, 0.4) is 0 Å². The van der Waals surface area contributed by atoms with Crippen molar-refractivity contribution in [2.75, 3.05) is 0 Å². The first-order chi connectivity index (χ1) is 9.38. The van der Waals surface area contributed by atoms with Gasteiger partial charge in [-0.25, -0.2) is 0 Å². The molecule has 0 fully saturated rings. The third-order valence-corrected chi connectivity index (χ3v) is 3.02. The molecule has 2 aromatic carbocycles. The summed E-state index contributed by atoms with van der Waals surface area (Å²) in [5, 5.41) is 13.7. The fraction of sp³-hybridized carbons (Fsp3) is 0. The Morgan fingerprint density at radius 2 is 1.74 bits per heavy atom. The molecule has 1 heterocycles. The van der Waals surface area contributed by atoms with Gasteiger partial charge in [0, 0.05) is 22.7 Å². The molecule has 0 amide bonds. The molecular formula is C16H12N2O. The monoisotopic (exact) mass is 248 g/mol. The molecule has 0 aliphatic rings. The lowest BCUT2D eigenvalue weighted by molar-refractivity contribution is 0.319. The number of hydrogen-bond donors (Lipinski definition) is 1. The number of oxime groups is 1. The van der Waals surface area contributed by atoms with Crippen LogP contribution in [0.4, 0.5) is 0 Å². The zero-order chi connectivity index (χ0) is 13.1. The third kappa shape index (κ3) is 2.18. The summed E-state index contributed by atoms with van der Waals surface area (Å²) in [6.07, 6.45) is 1.76. The lowest BCUT2D eigenvalue weighted by Crippen LogP contribution is -2.03. The zero-order valence-electron chi connectivity index (χ0n) is 10.2. The lowest BCUT2D eigenvalue weighted by atomic mass is 10.0. The maximum atomic E-state index is 9.28. The second-order valence-electron chi connectivity index (χ2n) is 4.23. The van der Waals surface area contributed by atoms with E-state index < -0.39 is 0 Å². The molecule has 0 saturated heterocycles. The molecule has 0 saturated carbocycles. The molecule has 1 aromatic heterocycles. The summed E-state index contributed by atoms with van der Waals surface area (Å²) in [5.41, 5.74) is 3.24. The van der Waals surface area contributed by atoms with Crippen molar-refractivity contribution in [3.05, 3.63) is 78.0 Å². The summed E-state index contributed by atoms with van der Waals surface area (Å²) in [4.78, 5) is 4.28. The Morgan fingerprint density at radius 3 is 2.53 bits per heavy atom. The van der Waals surface area contributed by atoms with Crippen molar-refractivity contribution >= 4 is 16.6 Å². The highest BCUT2D eigenvalue weighted by Crippen LogP contribution is 2.17. The summed E-state index contributed by atoms with van der Waals surface area (Å²) in [6.45, 7) is 0. The Hall–Kier alpha value is -2.68. The van der Waals surface area contributed by atoms with Gasteiger partial charge < -0.3 is 5.21 Å². The van der Waals surface area contributed by atoms with E-state index in [1.165, 1.54) is 0 Å². The predicted octanol–water partition coefficient (Wildman–Crippen LogP) is 3.46. The largest absolute Gasteiger partial charge is 0.410 e. The lowest BCUT2D eigenvalue weighted by Gasteiger charge is -2.06. The summed E-state index contributed by atoms with van der Waals surface area (Å²) in [6, 6.07) is 19.3. The molecule has 3 heteroatoms. The van der Waals surface area contributed by atoms with Crippen LogP contribution in [0.2, 0.25) is 0 Å². The molecular weight excluding hydrogens is 236 g/mol. The quantitative estimate of drug-likeness (QED) is 0.429. The Bertz CT molecular complexity index is 736. The van der Waals surface area contributed by atoms with Crippen molar-refractivity contribution in [2.45, 2.75) is 0 Å². The molecule has 3 rings (SSSR count). The summed E-state index contributed by atoms with van der Waals surface area (Å²) in [5.74, 6) is 0.